The molecule has 2 N–H and O–H groups in total. The Labute approximate surface area is 124 Å². The van der Waals surface area contributed by atoms with E-state index in [1.54, 1.807) is 6.07 Å². The summed E-state index contributed by atoms with van der Waals surface area (Å²) in [6, 6.07) is 15.1. The van der Waals surface area contributed by atoms with Crippen LogP contribution in [0.4, 0.5) is 0 Å². The quantitative estimate of drug-likeness (QED) is 0.871. The summed E-state index contributed by atoms with van der Waals surface area (Å²) < 4.78 is 5.66. The summed E-state index contributed by atoms with van der Waals surface area (Å²) in [7, 11) is 0. The van der Waals surface area contributed by atoms with Crippen LogP contribution in [0.2, 0.25) is 5.02 Å². The van der Waals surface area contributed by atoms with Crippen LogP contribution in [-0.4, -0.2) is 6.61 Å². The number of rotatable bonds is 3. The molecule has 102 valence electrons. The van der Waals surface area contributed by atoms with E-state index in [1.165, 1.54) is 0 Å². The topological polar surface area (TPSA) is 35.2 Å². The third kappa shape index (κ3) is 4.03. The molecule has 3 heteroatoms. The molecule has 0 spiro atoms. The monoisotopic (exact) mass is 285 g/mol. The van der Waals surface area contributed by atoms with Gasteiger partial charge in [0.15, 0.2) is 0 Å². The molecule has 0 bridgehead atoms. The van der Waals surface area contributed by atoms with Crippen molar-refractivity contribution in [2.45, 2.75) is 13.0 Å². The first-order chi connectivity index (χ1) is 9.66. The maximum absolute atomic E-state index is 5.96. The molecule has 0 saturated carbocycles. The van der Waals surface area contributed by atoms with Crippen molar-refractivity contribution in [3.63, 3.8) is 0 Å². The van der Waals surface area contributed by atoms with Gasteiger partial charge in [0, 0.05) is 22.2 Å². The molecule has 2 aromatic rings. The first-order valence-electron chi connectivity index (χ1n) is 6.38. The van der Waals surface area contributed by atoms with E-state index < -0.39 is 0 Å². The van der Waals surface area contributed by atoms with E-state index in [2.05, 4.69) is 11.8 Å². The molecule has 0 fully saturated rings. The lowest BCUT2D eigenvalue weighted by atomic mass is 10.1. The predicted octanol–water partition coefficient (Wildman–Crippen LogP) is 3.79. The minimum atomic E-state index is -0.134. The average molecular weight is 286 g/mol. The van der Waals surface area contributed by atoms with Gasteiger partial charge in [-0.25, -0.2) is 0 Å². The van der Waals surface area contributed by atoms with Crippen molar-refractivity contribution >= 4 is 11.6 Å². The fourth-order valence-electron chi connectivity index (χ4n) is 1.78. The average Bonchev–Trinajstić information content (AvgIpc) is 2.45. The Morgan fingerprint density at radius 3 is 2.65 bits per heavy atom. The largest absolute Gasteiger partial charge is 0.481 e. The summed E-state index contributed by atoms with van der Waals surface area (Å²) in [5.74, 6) is 6.76. The Hall–Kier alpha value is -1.95. The normalized spacial score (nSPS) is 11.3. The molecule has 0 aliphatic rings. The highest BCUT2D eigenvalue weighted by Crippen LogP contribution is 2.27. The number of hydrogen-bond donors (Lipinski definition) is 1. The molecule has 20 heavy (non-hydrogen) atoms. The second kappa shape index (κ2) is 7.00. The highest BCUT2D eigenvalue weighted by Gasteiger charge is 2.08. The van der Waals surface area contributed by atoms with Gasteiger partial charge < -0.3 is 10.5 Å². The number of benzene rings is 2. The number of ether oxygens (including phenoxy) is 1. The van der Waals surface area contributed by atoms with Crippen LogP contribution in [0.1, 0.15) is 24.1 Å². The van der Waals surface area contributed by atoms with Gasteiger partial charge in [-0.2, -0.15) is 0 Å². The molecule has 0 radical (unpaired) electrons. The van der Waals surface area contributed by atoms with Crippen molar-refractivity contribution in [1.29, 1.82) is 0 Å². The molecule has 2 nitrogen and oxygen atoms in total. The van der Waals surface area contributed by atoms with Gasteiger partial charge in [0.25, 0.3) is 0 Å². The van der Waals surface area contributed by atoms with Gasteiger partial charge in [0.2, 0.25) is 0 Å². The van der Waals surface area contributed by atoms with E-state index in [0.717, 1.165) is 16.9 Å². The van der Waals surface area contributed by atoms with E-state index in [-0.39, 0.29) is 6.04 Å². The van der Waals surface area contributed by atoms with Crippen molar-refractivity contribution in [1.82, 2.24) is 0 Å². The van der Waals surface area contributed by atoms with E-state index in [0.29, 0.717) is 11.6 Å². The number of halogens is 1. The van der Waals surface area contributed by atoms with Gasteiger partial charge in [0.1, 0.15) is 12.4 Å². The van der Waals surface area contributed by atoms with Gasteiger partial charge in [-0.3, -0.25) is 0 Å². The van der Waals surface area contributed by atoms with Gasteiger partial charge in [0.05, 0.1) is 0 Å². The summed E-state index contributed by atoms with van der Waals surface area (Å²) >= 11 is 5.96. The summed E-state index contributed by atoms with van der Waals surface area (Å²) in [5.41, 5.74) is 7.76. The highest BCUT2D eigenvalue weighted by atomic mass is 35.5. The second-order valence-corrected chi connectivity index (χ2v) is 4.86. The Bertz CT molecular complexity index is 626. The van der Waals surface area contributed by atoms with Crippen LogP contribution in [0.15, 0.2) is 48.5 Å². The predicted molar refractivity (Wildman–Crippen MR) is 82.9 cm³/mol. The molecular formula is C17H16ClNO. The fourth-order valence-corrected chi connectivity index (χ4v) is 1.96. The lowest BCUT2D eigenvalue weighted by molar-refractivity contribution is 0.364. The lowest BCUT2D eigenvalue weighted by Gasteiger charge is -2.12. The van der Waals surface area contributed by atoms with Crippen molar-refractivity contribution in [2.24, 2.45) is 5.73 Å². The minimum absolute atomic E-state index is 0.134. The Balaban J connectivity index is 2.03. The Kier molecular flexibility index (Phi) is 5.06. The molecule has 0 saturated heterocycles. The van der Waals surface area contributed by atoms with E-state index in [9.17, 15) is 0 Å². The fraction of sp³-hybridized carbons (Fsp3) is 0.176. The lowest BCUT2D eigenvalue weighted by Crippen LogP contribution is -2.08. The molecule has 1 unspecified atom stereocenters. The number of hydrogen-bond acceptors (Lipinski definition) is 2. The van der Waals surface area contributed by atoms with Crippen LogP contribution in [0.3, 0.4) is 0 Å². The van der Waals surface area contributed by atoms with Crippen molar-refractivity contribution in [3.05, 3.63) is 64.7 Å². The van der Waals surface area contributed by atoms with Crippen LogP contribution in [0.25, 0.3) is 0 Å². The molecule has 0 aromatic heterocycles. The van der Waals surface area contributed by atoms with E-state index in [1.807, 2.05) is 49.4 Å². The van der Waals surface area contributed by atoms with Crippen molar-refractivity contribution < 1.29 is 4.74 Å². The first-order valence-corrected chi connectivity index (χ1v) is 6.76. The van der Waals surface area contributed by atoms with Crippen LogP contribution in [0, 0.1) is 11.8 Å². The minimum Gasteiger partial charge on any atom is -0.481 e. The van der Waals surface area contributed by atoms with Crippen LogP contribution in [-0.2, 0) is 0 Å². The highest BCUT2D eigenvalue weighted by molar-refractivity contribution is 6.30. The standard InChI is InChI=1S/C17H16ClNO/c1-13(19)16-12-15(18)9-10-17(16)20-11-5-8-14-6-3-2-4-7-14/h2-4,6-7,9-10,12-13H,11,19H2,1H3. The third-order valence-corrected chi connectivity index (χ3v) is 3.00. The Morgan fingerprint density at radius 2 is 1.95 bits per heavy atom. The molecule has 0 aliphatic carbocycles. The third-order valence-electron chi connectivity index (χ3n) is 2.77. The van der Waals surface area contributed by atoms with E-state index in [4.69, 9.17) is 22.1 Å². The van der Waals surface area contributed by atoms with Crippen LogP contribution in [0.5, 0.6) is 5.75 Å². The zero-order valence-electron chi connectivity index (χ0n) is 11.3. The van der Waals surface area contributed by atoms with E-state index >= 15 is 0 Å². The van der Waals surface area contributed by atoms with Crippen LogP contribution >= 0.6 is 11.6 Å². The first kappa shape index (κ1) is 14.5. The smallest absolute Gasteiger partial charge is 0.149 e. The maximum Gasteiger partial charge on any atom is 0.149 e. The van der Waals surface area contributed by atoms with Crippen LogP contribution < -0.4 is 10.5 Å². The summed E-state index contributed by atoms with van der Waals surface area (Å²) in [6.07, 6.45) is 0. The van der Waals surface area contributed by atoms with Crippen molar-refractivity contribution in [2.75, 3.05) is 6.61 Å². The molecule has 0 heterocycles. The summed E-state index contributed by atoms with van der Waals surface area (Å²) in [5, 5.41) is 0.653. The molecule has 0 amide bonds. The zero-order chi connectivity index (χ0) is 14.4. The summed E-state index contributed by atoms with van der Waals surface area (Å²) in [4.78, 5) is 0. The molecule has 2 rings (SSSR count). The molecular weight excluding hydrogens is 270 g/mol. The van der Waals surface area contributed by atoms with Gasteiger partial charge in [-0.05, 0) is 37.3 Å². The zero-order valence-corrected chi connectivity index (χ0v) is 12.0. The summed E-state index contributed by atoms with van der Waals surface area (Å²) in [6.45, 7) is 2.21. The van der Waals surface area contributed by atoms with Gasteiger partial charge in [-0.1, -0.05) is 41.6 Å². The molecule has 1 atom stereocenters. The molecule has 2 aromatic carbocycles. The maximum atomic E-state index is 5.96. The second-order valence-electron chi connectivity index (χ2n) is 4.43. The van der Waals surface area contributed by atoms with Crippen molar-refractivity contribution in [3.8, 4) is 17.6 Å². The van der Waals surface area contributed by atoms with Gasteiger partial charge >= 0.3 is 0 Å². The SMILES string of the molecule is CC(N)c1cc(Cl)ccc1OCC#Cc1ccccc1. The molecule has 0 aliphatic heterocycles. The Morgan fingerprint density at radius 1 is 1.20 bits per heavy atom. The van der Waals surface area contributed by atoms with Gasteiger partial charge in [-0.15, -0.1) is 0 Å². The number of nitrogens with two attached hydrogens (primary N) is 1.